The van der Waals surface area contributed by atoms with Crippen molar-refractivity contribution >= 4 is 6.29 Å². The van der Waals surface area contributed by atoms with E-state index in [-0.39, 0.29) is 6.10 Å². The lowest BCUT2D eigenvalue weighted by Crippen LogP contribution is -2.27. The van der Waals surface area contributed by atoms with E-state index in [1.165, 1.54) is 0 Å². The zero-order valence-electron chi connectivity index (χ0n) is 9.07. The normalized spacial score (nSPS) is 32.5. The van der Waals surface area contributed by atoms with Crippen molar-refractivity contribution in [2.24, 2.45) is 11.8 Å². The molecule has 1 aliphatic rings. The third-order valence-corrected chi connectivity index (χ3v) is 3.11. The fraction of sp³-hybridized carbons (Fsp3) is 0.750. The van der Waals surface area contributed by atoms with Crippen LogP contribution in [0.5, 0.6) is 0 Å². The van der Waals surface area contributed by atoms with Crippen molar-refractivity contribution in [2.75, 3.05) is 0 Å². The lowest BCUT2D eigenvalue weighted by Gasteiger charge is -2.30. The van der Waals surface area contributed by atoms with Crippen molar-refractivity contribution in [1.29, 1.82) is 0 Å². The predicted octanol–water partition coefficient (Wildman–Crippen LogP) is 2.32. The summed E-state index contributed by atoms with van der Waals surface area (Å²) in [5.74, 6) is 0.833. The van der Waals surface area contributed by atoms with Gasteiger partial charge >= 0.3 is 0 Å². The van der Waals surface area contributed by atoms with Crippen molar-refractivity contribution in [3.63, 3.8) is 0 Å². The molecule has 0 amide bonds. The summed E-state index contributed by atoms with van der Waals surface area (Å²) >= 11 is 0. The minimum atomic E-state index is -0.257. The molecule has 2 heteroatoms. The van der Waals surface area contributed by atoms with Crippen LogP contribution < -0.4 is 0 Å². The fourth-order valence-electron chi connectivity index (χ4n) is 2.25. The molecule has 0 aromatic carbocycles. The molecule has 0 spiro atoms. The molecule has 3 unspecified atom stereocenters. The predicted molar refractivity (Wildman–Crippen MR) is 56.9 cm³/mol. The van der Waals surface area contributed by atoms with Crippen LogP contribution in [0.1, 0.15) is 39.5 Å². The number of aliphatic hydroxyl groups excluding tert-OH is 1. The second-order valence-electron chi connectivity index (χ2n) is 4.26. The van der Waals surface area contributed by atoms with Crippen molar-refractivity contribution in [1.82, 2.24) is 0 Å². The summed E-state index contributed by atoms with van der Waals surface area (Å²) in [6.07, 6.45) is 6.41. The summed E-state index contributed by atoms with van der Waals surface area (Å²) in [7, 11) is 0. The summed E-state index contributed by atoms with van der Waals surface area (Å²) in [6, 6.07) is 0. The minimum Gasteiger partial charge on any atom is -0.388 e. The van der Waals surface area contributed by atoms with E-state index in [0.29, 0.717) is 18.3 Å². The number of hydrogen-bond acceptors (Lipinski definition) is 2. The summed E-state index contributed by atoms with van der Waals surface area (Å²) in [5.41, 5.74) is 1.15. The Morgan fingerprint density at radius 2 is 2.36 bits per heavy atom. The standard InChI is InChI=1S/C12H20O2/c1-3-11-8-10(5-4-6-13)7-9(2)12(11)14/h6,8-10,12,14H,3-5,7H2,1-2H3. The SMILES string of the molecule is CCC1=CC(CCC=O)CC(C)C1O. The van der Waals surface area contributed by atoms with Gasteiger partial charge in [0.1, 0.15) is 6.29 Å². The Morgan fingerprint density at radius 1 is 1.64 bits per heavy atom. The van der Waals surface area contributed by atoms with Gasteiger partial charge in [-0.2, -0.15) is 0 Å². The molecule has 1 aliphatic carbocycles. The summed E-state index contributed by atoms with van der Waals surface area (Å²) in [4.78, 5) is 10.3. The zero-order valence-corrected chi connectivity index (χ0v) is 9.07. The number of carbonyl (C=O) groups excluding carboxylic acids is 1. The first-order valence-corrected chi connectivity index (χ1v) is 5.51. The zero-order chi connectivity index (χ0) is 10.6. The van der Waals surface area contributed by atoms with Gasteiger partial charge in [0.25, 0.3) is 0 Å². The van der Waals surface area contributed by atoms with Crippen LogP contribution >= 0.6 is 0 Å². The van der Waals surface area contributed by atoms with E-state index in [4.69, 9.17) is 0 Å². The molecule has 80 valence electrons. The molecule has 1 N–H and O–H groups in total. The molecule has 0 saturated carbocycles. The average molecular weight is 196 g/mol. The summed E-state index contributed by atoms with van der Waals surface area (Å²) in [6.45, 7) is 4.16. The first-order chi connectivity index (χ1) is 6.69. The van der Waals surface area contributed by atoms with Crippen LogP contribution in [0.25, 0.3) is 0 Å². The molecule has 0 bridgehead atoms. The van der Waals surface area contributed by atoms with Gasteiger partial charge in [0, 0.05) is 6.42 Å². The number of rotatable bonds is 4. The molecule has 0 aromatic rings. The van der Waals surface area contributed by atoms with Crippen LogP contribution in [-0.4, -0.2) is 17.5 Å². The molecule has 2 nitrogen and oxygen atoms in total. The Morgan fingerprint density at radius 3 is 2.93 bits per heavy atom. The minimum absolute atomic E-state index is 0.257. The molecule has 0 fully saturated rings. The number of allylic oxidation sites excluding steroid dienone is 1. The second-order valence-corrected chi connectivity index (χ2v) is 4.26. The maximum atomic E-state index is 10.3. The topological polar surface area (TPSA) is 37.3 Å². The summed E-state index contributed by atoms with van der Waals surface area (Å²) in [5, 5.41) is 9.84. The number of aliphatic hydroxyl groups is 1. The van der Waals surface area contributed by atoms with Crippen molar-refractivity contribution in [3.05, 3.63) is 11.6 Å². The third-order valence-electron chi connectivity index (χ3n) is 3.11. The van der Waals surface area contributed by atoms with E-state index < -0.39 is 0 Å². The van der Waals surface area contributed by atoms with Crippen molar-refractivity contribution < 1.29 is 9.90 Å². The lowest BCUT2D eigenvalue weighted by molar-refractivity contribution is -0.108. The van der Waals surface area contributed by atoms with Crippen LogP contribution in [-0.2, 0) is 4.79 Å². The highest BCUT2D eigenvalue weighted by Gasteiger charge is 2.26. The number of carbonyl (C=O) groups is 1. The quantitative estimate of drug-likeness (QED) is 0.553. The van der Waals surface area contributed by atoms with Gasteiger partial charge in [-0.25, -0.2) is 0 Å². The molecular weight excluding hydrogens is 176 g/mol. The molecule has 0 radical (unpaired) electrons. The Bertz CT molecular complexity index is 220. The first kappa shape index (κ1) is 11.4. The van der Waals surface area contributed by atoms with E-state index in [1.54, 1.807) is 0 Å². The van der Waals surface area contributed by atoms with Crippen LogP contribution in [0.4, 0.5) is 0 Å². The van der Waals surface area contributed by atoms with Gasteiger partial charge in [-0.15, -0.1) is 0 Å². The van der Waals surface area contributed by atoms with Gasteiger partial charge in [-0.1, -0.05) is 19.9 Å². The van der Waals surface area contributed by atoms with Crippen molar-refractivity contribution in [3.8, 4) is 0 Å². The van der Waals surface area contributed by atoms with Gasteiger partial charge in [0.05, 0.1) is 6.10 Å². The lowest BCUT2D eigenvalue weighted by atomic mass is 9.79. The first-order valence-electron chi connectivity index (χ1n) is 5.51. The maximum Gasteiger partial charge on any atom is 0.120 e. The van der Waals surface area contributed by atoms with E-state index in [2.05, 4.69) is 19.9 Å². The Labute approximate surface area is 86.0 Å². The molecule has 0 aromatic heterocycles. The van der Waals surface area contributed by atoms with Gasteiger partial charge in [-0.3, -0.25) is 0 Å². The smallest absolute Gasteiger partial charge is 0.120 e. The number of hydrogen-bond donors (Lipinski definition) is 1. The van der Waals surface area contributed by atoms with Crippen LogP contribution in [0.15, 0.2) is 11.6 Å². The fourth-order valence-corrected chi connectivity index (χ4v) is 2.25. The van der Waals surface area contributed by atoms with Crippen molar-refractivity contribution in [2.45, 2.75) is 45.6 Å². The molecule has 0 saturated heterocycles. The Hall–Kier alpha value is -0.630. The van der Waals surface area contributed by atoms with E-state index in [9.17, 15) is 9.90 Å². The molecule has 14 heavy (non-hydrogen) atoms. The largest absolute Gasteiger partial charge is 0.388 e. The van der Waals surface area contributed by atoms with E-state index in [0.717, 1.165) is 31.1 Å². The highest BCUT2D eigenvalue weighted by atomic mass is 16.3. The van der Waals surface area contributed by atoms with Crippen LogP contribution in [0.2, 0.25) is 0 Å². The molecule has 0 heterocycles. The number of aldehydes is 1. The molecule has 1 rings (SSSR count). The van der Waals surface area contributed by atoms with Gasteiger partial charge in [-0.05, 0) is 36.7 Å². The van der Waals surface area contributed by atoms with E-state index >= 15 is 0 Å². The van der Waals surface area contributed by atoms with Crippen LogP contribution in [0.3, 0.4) is 0 Å². The molecule has 0 aliphatic heterocycles. The highest BCUT2D eigenvalue weighted by Crippen LogP contribution is 2.32. The third kappa shape index (κ3) is 2.68. The van der Waals surface area contributed by atoms with Gasteiger partial charge < -0.3 is 9.90 Å². The maximum absolute atomic E-state index is 10.3. The van der Waals surface area contributed by atoms with Gasteiger partial charge in [0.15, 0.2) is 0 Å². The second kappa shape index (κ2) is 5.30. The Kier molecular flexibility index (Phi) is 4.33. The Balaban J connectivity index is 2.62. The summed E-state index contributed by atoms with van der Waals surface area (Å²) < 4.78 is 0. The highest BCUT2D eigenvalue weighted by molar-refractivity contribution is 5.49. The molecule has 3 atom stereocenters. The monoisotopic (exact) mass is 196 g/mol. The molecular formula is C12H20O2. The van der Waals surface area contributed by atoms with Crippen LogP contribution in [0, 0.1) is 11.8 Å². The van der Waals surface area contributed by atoms with Gasteiger partial charge in [0.2, 0.25) is 0 Å². The van der Waals surface area contributed by atoms with E-state index in [1.807, 2.05) is 0 Å². The average Bonchev–Trinajstić information content (AvgIpc) is 2.19.